The van der Waals surface area contributed by atoms with Crippen LogP contribution in [-0.4, -0.2) is 36.8 Å². The van der Waals surface area contributed by atoms with E-state index in [9.17, 15) is 9.59 Å². The molecule has 0 atom stereocenters. The van der Waals surface area contributed by atoms with E-state index in [2.05, 4.69) is 5.32 Å². The van der Waals surface area contributed by atoms with Crippen molar-refractivity contribution in [2.24, 2.45) is 0 Å². The van der Waals surface area contributed by atoms with Gasteiger partial charge in [0.05, 0.1) is 0 Å². The summed E-state index contributed by atoms with van der Waals surface area (Å²) in [5, 5.41) is 2.71. The summed E-state index contributed by atoms with van der Waals surface area (Å²) in [6, 6.07) is 0. The van der Waals surface area contributed by atoms with Crippen molar-refractivity contribution in [2.75, 3.05) is 20.1 Å². The van der Waals surface area contributed by atoms with E-state index in [-0.39, 0.29) is 18.8 Å². The fraction of sp³-hybridized carbons (Fsp3) is 0.429. The molecule has 0 bridgehead atoms. The zero-order valence-electron chi connectivity index (χ0n) is 7.04. The third-order valence-electron chi connectivity index (χ3n) is 1.41. The van der Waals surface area contributed by atoms with Crippen LogP contribution in [0.4, 0.5) is 0 Å². The lowest BCUT2D eigenvalue weighted by atomic mass is 10.5. The summed E-state index contributed by atoms with van der Waals surface area (Å²) in [7, 11) is 0.101. The second-order valence-corrected chi connectivity index (χ2v) is 2.16. The lowest BCUT2D eigenvalue weighted by Crippen LogP contribution is -2.35. The number of likely N-dealkylation sites (N-methyl/N-ethyl adjacent to an activating group) is 1. The zero-order valence-corrected chi connectivity index (χ0v) is 6.04. The summed E-state index contributed by atoms with van der Waals surface area (Å²) in [4.78, 5) is 23.0. The Hall–Kier alpha value is -1.16. The van der Waals surface area contributed by atoms with Crippen LogP contribution in [0.5, 0.6) is 0 Å². The Bertz CT molecular complexity index is 209. The summed E-state index contributed by atoms with van der Waals surface area (Å²) >= 11 is 0. The van der Waals surface area contributed by atoms with E-state index in [1.54, 1.807) is 0 Å². The van der Waals surface area contributed by atoms with Gasteiger partial charge in [-0.25, -0.2) is 0 Å². The molecule has 1 N–H and O–H groups in total. The van der Waals surface area contributed by atoms with Gasteiger partial charge in [-0.1, -0.05) is 0 Å². The quantitative estimate of drug-likeness (QED) is 0.427. The number of imide groups is 1. The molecular weight excluding hydrogens is 144 g/mol. The SMILES string of the molecule is [3H]CNCCN1C(=O)C=CC1=O. The first-order chi connectivity index (χ1) is 5.75. The largest absolute Gasteiger partial charge is 0.318 e. The van der Waals surface area contributed by atoms with E-state index in [0.717, 1.165) is 4.90 Å². The maximum atomic E-state index is 10.9. The van der Waals surface area contributed by atoms with Crippen LogP contribution < -0.4 is 5.32 Å². The smallest absolute Gasteiger partial charge is 0.253 e. The molecule has 0 saturated heterocycles. The standard InChI is InChI=1S/C7H10N2O2/c1-8-4-5-9-6(10)2-3-7(9)11/h2-3,8H,4-5H2,1H3/i1T. The molecule has 0 aromatic carbocycles. The van der Waals surface area contributed by atoms with Gasteiger partial charge in [-0.15, -0.1) is 0 Å². The fourth-order valence-corrected chi connectivity index (χ4v) is 0.842. The summed E-state index contributed by atoms with van der Waals surface area (Å²) in [5.74, 6) is -0.543. The number of nitrogens with one attached hydrogen (secondary N) is 1. The molecule has 1 heterocycles. The van der Waals surface area contributed by atoms with Gasteiger partial charge in [-0.2, -0.15) is 0 Å². The van der Waals surface area contributed by atoms with Crippen molar-refractivity contribution in [3.63, 3.8) is 0 Å². The van der Waals surface area contributed by atoms with Crippen LogP contribution >= 0.6 is 0 Å². The molecule has 1 rings (SSSR count). The molecule has 60 valence electrons. The normalized spacial score (nSPS) is 17.8. The van der Waals surface area contributed by atoms with Crippen LogP contribution in [0.2, 0.25) is 0 Å². The first-order valence-corrected chi connectivity index (χ1v) is 3.29. The molecule has 0 saturated carbocycles. The van der Waals surface area contributed by atoms with Crippen LogP contribution in [0.3, 0.4) is 0 Å². The van der Waals surface area contributed by atoms with E-state index in [1.165, 1.54) is 12.2 Å². The first kappa shape index (κ1) is 6.54. The minimum Gasteiger partial charge on any atom is -0.318 e. The molecule has 4 heteroatoms. The Morgan fingerprint density at radius 3 is 2.73 bits per heavy atom. The fourth-order valence-electron chi connectivity index (χ4n) is 0.842. The van der Waals surface area contributed by atoms with Crippen LogP contribution in [-0.2, 0) is 9.59 Å². The average Bonchev–Trinajstić information content (AvgIpc) is 2.35. The Morgan fingerprint density at radius 2 is 2.18 bits per heavy atom. The minimum absolute atomic E-state index is 0.101. The van der Waals surface area contributed by atoms with Gasteiger partial charge in [0, 0.05) is 26.6 Å². The van der Waals surface area contributed by atoms with Crippen LogP contribution in [0.1, 0.15) is 1.37 Å². The van der Waals surface area contributed by atoms with Gasteiger partial charge in [0.15, 0.2) is 0 Å². The molecule has 0 aliphatic carbocycles. The maximum Gasteiger partial charge on any atom is 0.253 e. The molecule has 0 aromatic heterocycles. The van der Waals surface area contributed by atoms with Gasteiger partial charge in [0.2, 0.25) is 0 Å². The van der Waals surface area contributed by atoms with E-state index in [4.69, 9.17) is 1.37 Å². The third-order valence-corrected chi connectivity index (χ3v) is 1.41. The van der Waals surface area contributed by atoms with Crippen molar-refractivity contribution in [1.29, 1.82) is 0 Å². The van der Waals surface area contributed by atoms with Gasteiger partial charge in [-0.3, -0.25) is 14.5 Å². The molecular formula is C7H10N2O2. The van der Waals surface area contributed by atoms with Crippen molar-refractivity contribution in [3.8, 4) is 0 Å². The molecule has 0 radical (unpaired) electrons. The van der Waals surface area contributed by atoms with Gasteiger partial charge < -0.3 is 5.32 Å². The lowest BCUT2D eigenvalue weighted by Gasteiger charge is -2.12. The molecule has 4 nitrogen and oxygen atoms in total. The Labute approximate surface area is 66.3 Å². The predicted octanol–water partition coefficient (Wildman–Crippen LogP) is -0.869. The lowest BCUT2D eigenvalue weighted by molar-refractivity contribution is -0.136. The van der Waals surface area contributed by atoms with Gasteiger partial charge >= 0.3 is 0 Å². The van der Waals surface area contributed by atoms with Crippen molar-refractivity contribution < 1.29 is 11.0 Å². The number of amides is 2. The third kappa shape index (κ3) is 1.65. The monoisotopic (exact) mass is 156 g/mol. The Morgan fingerprint density at radius 1 is 1.55 bits per heavy atom. The predicted molar refractivity (Wildman–Crippen MR) is 39.8 cm³/mol. The van der Waals surface area contributed by atoms with E-state index in [0.29, 0.717) is 13.1 Å². The van der Waals surface area contributed by atoms with Crippen molar-refractivity contribution in [3.05, 3.63) is 12.2 Å². The molecule has 1 aliphatic heterocycles. The van der Waals surface area contributed by atoms with Crippen molar-refractivity contribution in [1.82, 2.24) is 10.2 Å². The molecule has 0 spiro atoms. The molecule has 11 heavy (non-hydrogen) atoms. The second kappa shape index (κ2) is 3.30. The number of nitrogens with zero attached hydrogens (tertiary/aromatic N) is 1. The molecule has 0 unspecified atom stereocenters. The highest BCUT2D eigenvalue weighted by Gasteiger charge is 2.21. The first-order valence-electron chi connectivity index (χ1n) is 4.00. The van der Waals surface area contributed by atoms with E-state index < -0.39 is 0 Å². The summed E-state index contributed by atoms with van der Waals surface area (Å²) in [5.41, 5.74) is 0. The summed E-state index contributed by atoms with van der Waals surface area (Å²) in [6.07, 6.45) is 2.51. The Kier molecular flexibility index (Phi) is 1.96. The minimum atomic E-state index is -0.271. The number of carbonyl (C=O) groups is 2. The number of carbonyl (C=O) groups excluding carboxylic acids is 2. The summed E-state index contributed by atoms with van der Waals surface area (Å²) < 4.78 is 6.76. The molecule has 0 fully saturated rings. The summed E-state index contributed by atoms with van der Waals surface area (Å²) in [6.45, 7) is 0.812. The van der Waals surface area contributed by atoms with Crippen LogP contribution in [0, 0.1) is 0 Å². The van der Waals surface area contributed by atoms with Crippen molar-refractivity contribution >= 4 is 11.8 Å². The van der Waals surface area contributed by atoms with E-state index in [1.807, 2.05) is 0 Å². The highest BCUT2D eigenvalue weighted by Crippen LogP contribution is 2.01. The highest BCUT2D eigenvalue weighted by molar-refractivity contribution is 6.12. The number of hydrogen-bond donors (Lipinski definition) is 1. The average molecular weight is 156 g/mol. The van der Waals surface area contributed by atoms with Gasteiger partial charge in [0.1, 0.15) is 0 Å². The zero-order chi connectivity index (χ0) is 8.97. The maximum absolute atomic E-state index is 10.9. The van der Waals surface area contributed by atoms with E-state index >= 15 is 0 Å². The van der Waals surface area contributed by atoms with Crippen LogP contribution in [0.15, 0.2) is 12.2 Å². The Balaban J connectivity index is 2.33. The molecule has 0 aromatic rings. The molecule has 2 amide bonds. The molecule has 1 aliphatic rings. The number of rotatable bonds is 3. The van der Waals surface area contributed by atoms with Gasteiger partial charge in [0.25, 0.3) is 11.8 Å². The highest BCUT2D eigenvalue weighted by atomic mass is 16.2. The second-order valence-electron chi connectivity index (χ2n) is 2.16. The van der Waals surface area contributed by atoms with Gasteiger partial charge in [-0.05, 0) is 7.02 Å². The number of hydrogen-bond acceptors (Lipinski definition) is 3. The topological polar surface area (TPSA) is 49.4 Å². The van der Waals surface area contributed by atoms with Crippen LogP contribution in [0.25, 0.3) is 0 Å². The van der Waals surface area contributed by atoms with Crippen molar-refractivity contribution in [2.45, 2.75) is 0 Å².